The summed E-state index contributed by atoms with van der Waals surface area (Å²) in [6, 6.07) is 5.53. The number of carbonyl (C=O) groups excluding carboxylic acids is 2. The number of nitrogens with one attached hydrogen (secondary N) is 2. The molecule has 6 heteroatoms. The second-order valence-corrected chi connectivity index (χ2v) is 6.84. The van der Waals surface area contributed by atoms with E-state index in [1.54, 1.807) is 19.2 Å². The quantitative estimate of drug-likeness (QED) is 0.780. The van der Waals surface area contributed by atoms with Crippen LogP contribution in [0.1, 0.15) is 54.9 Å². The van der Waals surface area contributed by atoms with Gasteiger partial charge in [-0.05, 0) is 56.7 Å². The Bertz CT molecular complexity index is 618. The number of urea groups is 1. The van der Waals surface area contributed by atoms with Crippen LogP contribution >= 0.6 is 0 Å². The lowest BCUT2D eigenvalue weighted by Crippen LogP contribution is -2.46. The molecule has 1 atom stereocenters. The Labute approximate surface area is 156 Å². The predicted molar refractivity (Wildman–Crippen MR) is 104 cm³/mol. The highest BCUT2D eigenvalue weighted by Crippen LogP contribution is 2.23. The van der Waals surface area contributed by atoms with Gasteiger partial charge in [0, 0.05) is 44.1 Å². The minimum atomic E-state index is -0.113. The van der Waals surface area contributed by atoms with E-state index < -0.39 is 0 Å². The Morgan fingerprint density at radius 3 is 2.85 bits per heavy atom. The maximum Gasteiger partial charge on any atom is 0.322 e. The molecule has 1 heterocycles. The van der Waals surface area contributed by atoms with Gasteiger partial charge in [-0.25, -0.2) is 4.79 Å². The lowest BCUT2D eigenvalue weighted by atomic mass is 10.00. The number of benzene rings is 1. The Balaban J connectivity index is 2.08. The Morgan fingerprint density at radius 1 is 1.31 bits per heavy atom. The van der Waals surface area contributed by atoms with E-state index in [0.29, 0.717) is 24.4 Å². The number of piperidine rings is 1. The van der Waals surface area contributed by atoms with Gasteiger partial charge in [0.1, 0.15) is 0 Å². The molecule has 1 aromatic rings. The van der Waals surface area contributed by atoms with Crippen molar-refractivity contribution in [1.29, 1.82) is 0 Å². The summed E-state index contributed by atoms with van der Waals surface area (Å²) in [6.07, 6.45) is 4.91. The first-order valence-corrected chi connectivity index (χ1v) is 9.52. The fourth-order valence-corrected chi connectivity index (χ4v) is 3.25. The Hall–Kier alpha value is -2.08. The summed E-state index contributed by atoms with van der Waals surface area (Å²) in [5, 5.41) is 5.87. The third-order valence-electron chi connectivity index (χ3n) is 4.82. The largest absolute Gasteiger partial charge is 0.385 e. The third-order valence-corrected chi connectivity index (χ3v) is 4.82. The molecular formula is C20H31N3O3. The molecule has 0 aliphatic carbocycles. The van der Waals surface area contributed by atoms with E-state index in [-0.39, 0.29) is 18.0 Å². The summed E-state index contributed by atoms with van der Waals surface area (Å²) in [5.74, 6) is -0.113. The van der Waals surface area contributed by atoms with Crippen LogP contribution < -0.4 is 10.6 Å². The van der Waals surface area contributed by atoms with Gasteiger partial charge in [-0.2, -0.15) is 0 Å². The van der Waals surface area contributed by atoms with E-state index in [0.717, 1.165) is 44.2 Å². The molecule has 6 nitrogen and oxygen atoms in total. The van der Waals surface area contributed by atoms with Gasteiger partial charge >= 0.3 is 6.03 Å². The molecule has 2 N–H and O–H groups in total. The van der Waals surface area contributed by atoms with Crippen molar-refractivity contribution in [3.8, 4) is 0 Å². The van der Waals surface area contributed by atoms with Gasteiger partial charge in [0.2, 0.25) is 0 Å². The average Bonchev–Trinajstić information content (AvgIpc) is 2.66. The highest BCUT2D eigenvalue weighted by molar-refractivity contribution is 5.97. The van der Waals surface area contributed by atoms with Crippen LogP contribution in [0.25, 0.3) is 0 Å². The molecule has 1 unspecified atom stereocenters. The zero-order chi connectivity index (χ0) is 18.9. The summed E-state index contributed by atoms with van der Waals surface area (Å²) >= 11 is 0. The van der Waals surface area contributed by atoms with Crippen molar-refractivity contribution in [2.45, 2.75) is 52.0 Å². The van der Waals surface area contributed by atoms with Crippen LogP contribution in [0.5, 0.6) is 0 Å². The van der Waals surface area contributed by atoms with Crippen LogP contribution in [0.3, 0.4) is 0 Å². The number of rotatable bonds is 7. The van der Waals surface area contributed by atoms with Gasteiger partial charge in [-0.15, -0.1) is 0 Å². The number of carbonyl (C=O) groups is 2. The van der Waals surface area contributed by atoms with Crippen LogP contribution in [-0.2, 0) is 4.74 Å². The number of ether oxygens (including phenoxy) is 1. The van der Waals surface area contributed by atoms with Gasteiger partial charge in [0.05, 0.1) is 0 Å². The van der Waals surface area contributed by atoms with Gasteiger partial charge in [-0.1, -0.05) is 13.0 Å². The summed E-state index contributed by atoms with van der Waals surface area (Å²) in [5.41, 5.74) is 2.19. The van der Waals surface area contributed by atoms with Gasteiger partial charge < -0.3 is 20.3 Å². The molecule has 0 aromatic heterocycles. The molecule has 26 heavy (non-hydrogen) atoms. The maximum atomic E-state index is 12.8. The van der Waals surface area contributed by atoms with Crippen molar-refractivity contribution in [3.05, 3.63) is 29.3 Å². The number of aryl methyl sites for hydroxylation is 1. The first kappa shape index (κ1) is 20.2. The molecule has 144 valence electrons. The number of anilines is 1. The van der Waals surface area contributed by atoms with Gasteiger partial charge in [-0.3, -0.25) is 4.79 Å². The summed E-state index contributed by atoms with van der Waals surface area (Å²) < 4.78 is 5.18. The fourth-order valence-electron chi connectivity index (χ4n) is 3.25. The Kier molecular flexibility index (Phi) is 7.91. The molecule has 0 radical (unpaired) electrons. The number of methoxy groups -OCH3 is 1. The van der Waals surface area contributed by atoms with Crippen LogP contribution in [-0.4, -0.2) is 49.7 Å². The van der Waals surface area contributed by atoms with Crippen molar-refractivity contribution < 1.29 is 14.3 Å². The first-order valence-electron chi connectivity index (χ1n) is 9.52. The molecule has 1 saturated heterocycles. The van der Waals surface area contributed by atoms with Crippen molar-refractivity contribution in [2.75, 3.05) is 32.1 Å². The predicted octanol–water partition coefficient (Wildman–Crippen LogP) is 3.56. The summed E-state index contributed by atoms with van der Waals surface area (Å²) in [4.78, 5) is 26.9. The van der Waals surface area contributed by atoms with Crippen molar-refractivity contribution in [1.82, 2.24) is 10.2 Å². The van der Waals surface area contributed by atoms with E-state index in [1.165, 1.54) is 0 Å². The lowest BCUT2D eigenvalue weighted by Gasteiger charge is -2.35. The second kappa shape index (κ2) is 10.2. The van der Waals surface area contributed by atoms with Crippen LogP contribution in [0.2, 0.25) is 0 Å². The van der Waals surface area contributed by atoms with Gasteiger partial charge in [0.15, 0.2) is 0 Å². The molecule has 0 bridgehead atoms. The first-order chi connectivity index (χ1) is 12.6. The Morgan fingerprint density at radius 2 is 2.12 bits per heavy atom. The average molecular weight is 361 g/mol. The second-order valence-electron chi connectivity index (χ2n) is 6.84. The molecule has 0 saturated carbocycles. The molecule has 0 spiro atoms. The van der Waals surface area contributed by atoms with Crippen molar-refractivity contribution >= 4 is 17.6 Å². The lowest BCUT2D eigenvalue weighted by molar-refractivity contribution is 0.0953. The highest BCUT2D eigenvalue weighted by atomic mass is 16.5. The van der Waals surface area contributed by atoms with Crippen molar-refractivity contribution in [3.63, 3.8) is 0 Å². The number of hydrogen-bond acceptors (Lipinski definition) is 3. The van der Waals surface area contributed by atoms with E-state index >= 15 is 0 Å². The summed E-state index contributed by atoms with van der Waals surface area (Å²) in [7, 11) is 1.69. The SMILES string of the molecule is CCCNC(=O)c1ccc(C)c(NC(=O)N2CCCCC2CCOC)c1. The minimum absolute atomic E-state index is 0.0972. The highest BCUT2D eigenvalue weighted by Gasteiger charge is 2.26. The standard InChI is InChI=1S/C20H31N3O3/c1-4-11-21-19(24)16-9-8-15(2)18(14-16)22-20(25)23-12-6-5-7-17(23)10-13-26-3/h8-9,14,17H,4-7,10-13H2,1-3H3,(H,21,24)(H,22,25). The summed E-state index contributed by atoms with van der Waals surface area (Å²) in [6.45, 7) is 6.00. The van der Waals surface area contributed by atoms with E-state index in [1.807, 2.05) is 24.8 Å². The maximum absolute atomic E-state index is 12.8. The van der Waals surface area contributed by atoms with E-state index in [2.05, 4.69) is 10.6 Å². The topological polar surface area (TPSA) is 70.7 Å². The zero-order valence-corrected chi connectivity index (χ0v) is 16.1. The number of hydrogen-bond donors (Lipinski definition) is 2. The third kappa shape index (κ3) is 5.46. The normalized spacial score (nSPS) is 17.0. The molecule has 1 aliphatic rings. The van der Waals surface area contributed by atoms with Gasteiger partial charge in [0.25, 0.3) is 5.91 Å². The van der Waals surface area contributed by atoms with Crippen LogP contribution in [0, 0.1) is 6.92 Å². The zero-order valence-electron chi connectivity index (χ0n) is 16.1. The minimum Gasteiger partial charge on any atom is -0.385 e. The number of likely N-dealkylation sites (tertiary alicyclic amines) is 1. The van der Waals surface area contributed by atoms with E-state index in [9.17, 15) is 9.59 Å². The number of amides is 3. The monoisotopic (exact) mass is 361 g/mol. The fraction of sp³-hybridized carbons (Fsp3) is 0.600. The number of nitrogens with zero attached hydrogens (tertiary/aromatic N) is 1. The molecule has 1 aliphatic heterocycles. The molecule has 3 amide bonds. The molecule has 2 rings (SSSR count). The smallest absolute Gasteiger partial charge is 0.322 e. The van der Waals surface area contributed by atoms with Crippen LogP contribution in [0.15, 0.2) is 18.2 Å². The van der Waals surface area contributed by atoms with E-state index in [4.69, 9.17) is 4.74 Å². The molecule has 1 aromatic carbocycles. The van der Waals surface area contributed by atoms with Crippen LogP contribution in [0.4, 0.5) is 10.5 Å². The molecular weight excluding hydrogens is 330 g/mol. The molecule has 1 fully saturated rings. The van der Waals surface area contributed by atoms with Crippen molar-refractivity contribution in [2.24, 2.45) is 0 Å².